The molecular weight excluding hydrogens is 274 g/mol. The van der Waals surface area contributed by atoms with Crippen LogP contribution < -0.4 is 5.32 Å². The van der Waals surface area contributed by atoms with Crippen LogP contribution in [0, 0.1) is 19.8 Å². The van der Waals surface area contributed by atoms with Crippen LogP contribution in [0.2, 0.25) is 0 Å². The zero-order valence-electron chi connectivity index (χ0n) is 14.8. The van der Waals surface area contributed by atoms with Crippen LogP contribution >= 0.6 is 0 Å². The summed E-state index contributed by atoms with van der Waals surface area (Å²) in [6.07, 6.45) is 2.79. The third-order valence-electron chi connectivity index (χ3n) is 4.07. The third kappa shape index (κ3) is 3.58. The molecule has 0 bridgehead atoms. The molecule has 22 heavy (non-hydrogen) atoms. The largest absolute Gasteiger partial charge is 0.369 e. The molecule has 0 aliphatic carbocycles. The molecule has 0 saturated heterocycles. The predicted octanol–water partition coefficient (Wildman–Crippen LogP) is 3.07. The van der Waals surface area contributed by atoms with Crippen molar-refractivity contribution in [2.24, 2.45) is 5.92 Å². The molecule has 0 fully saturated rings. The topological polar surface area (TPSA) is 46.0 Å². The Labute approximate surface area is 133 Å². The van der Waals surface area contributed by atoms with E-state index >= 15 is 0 Å². The lowest BCUT2D eigenvalue weighted by molar-refractivity contribution is 0.387. The van der Waals surface area contributed by atoms with Crippen molar-refractivity contribution >= 4 is 16.9 Å². The summed E-state index contributed by atoms with van der Waals surface area (Å²) in [5.74, 6) is 1.55. The average molecular weight is 303 g/mol. The van der Waals surface area contributed by atoms with Gasteiger partial charge in [-0.05, 0) is 52.4 Å². The number of hydrogen-bond donors (Lipinski definition) is 1. The number of aryl methyl sites for hydroxylation is 2. The zero-order chi connectivity index (χ0) is 16.3. The van der Waals surface area contributed by atoms with Gasteiger partial charge in [0, 0.05) is 18.8 Å². The maximum atomic E-state index is 4.55. The normalized spacial score (nSPS) is 11.8. The first-order valence-electron chi connectivity index (χ1n) is 8.10. The van der Waals surface area contributed by atoms with Crippen molar-refractivity contribution in [2.45, 2.75) is 40.7 Å². The Morgan fingerprint density at radius 1 is 1.23 bits per heavy atom. The van der Waals surface area contributed by atoms with Crippen LogP contribution in [0.3, 0.4) is 0 Å². The average Bonchev–Trinajstić information content (AvgIpc) is 2.70. The Bertz CT molecular complexity index is 628. The lowest BCUT2D eigenvalue weighted by Crippen LogP contribution is -2.15. The number of rotatable bonds is 7. The van der Waals surface area contributed by atoms with Crippen LogP contribution in [0.1, 0.15) is 31.5 Å². The molecule has 122 valence electrons. The molecule has 0 atom stereocenters. The summed E-state index contributed by atoms with van der Waals surface area (Å²) in [6, 6.07) is 0. The molecule has 0 spiro atoms. The van der Waals surface area contributed by atoms with E-state index < -0.39 is 0 Å². The summed E-state index contributed by atoms with van der Waals surface area (Å²) < 4.78 is 2.33. The number of fused-ring (bicyclic) bond motifs is 1. The second-order valence-corrected chi connectivity index (χ2v) is 6.71. The monoisotopic (exact) mass is 303 g/mol. The molecule has 0 aromatic carbocycles. The molecule has 2 aromatic heterocycles. The summed E-state index contributed by atoms with van der Waals surface area (Å²) in [4.78, 5) is 11.2. The smallest absolute Gasteiger partial charge is 0.145 e. The Morgan fingerprint density at radius 2 is 1.95 bits per heavy atom. The first-order valence-corrected chi connectivity index (χ1v) is 8.10. The Morgan fingerprint density at radius 3 is 2.59 bits per heavy atom. The van der Waals surface area contributed by atoms with Crippen molar-refractivity contribution in [3.8, 4) is 0 Å². The van der Waals surface area contributed by atoms with Crippen LogP contribution in [-0.4, -0.2) is 46.6 Å². The molecule has 2 aromatic rings. The number of nitrogens with one attached hydrogen (secondary N) is 1. The van der Waals surface area contributed by atoms with E-state index in [9.17, 15) is 0 Å². The SMILES string of the molecule is Cc1c(C)n(CCCN(C)C)c2ncnc(NCC(C)C)c12. The summed E-state index contributed by atoms with van der Waals surface area (Å²) in [6.45, 7) is 11.8. The first-order chi connectivity index (χ1) is 10.4. The second kappa shape index (κ2) is 7.09. The van der Waals surface area contributed by atoms with Gasteiger partial charge in [0.2, 0.25) is 0 Å². The minimum Gasteiger partial charge on any atom is -0.369 e. The van der Waals surface area contributed by atoms with Crippen molar-refractivity contribution in [2.75, 3.05) is 32.5 Å². The molecule has 0 aliphatic heterocycles. The fraction of sp³-hybridized carbons (Fsp3) is 0.647. The molecule has 2 heterocycles. The highest BCUT2D eigenvalue weighted by molar-refractivity contribution is 5.91. The van der Waals surface area contributed by atoms with Gasteiger partial charge < -0.3 is 14.8 Å². The van der Waals surface area contributed by atoms with E-state index in [1.165, 1.54) is 16.6 Å². The molecule has 0 aliphatic rings. The molecule has 0 radical (unpaired) electrons. The maximum absolute atomic E-state index is 4.55. The van der Waals surface area contributed by atoms with Gasteiger partial charge in [0.1, 0.15) is 17.8 Å². The van der Waals surface area contributed by atoms with Gasteiger partial charge in [0.25, 0.3) is 0 Å². The van der Waals surface area contributed by atoms with E-state index in [1.54, 1.807) is 6.33 Å². The van der Waals surface area contributed by atoms with Gasteiger partial charge in [-0.3, -0.25) is 0 Å². The highest BCUT2D eigenvalue weighted by Gasteiger charge is 2.16. The summed E-state index contributed by atoms with van der Waals surface area (Å²) >= 11 is 0. The van der Waals surface area contributed by atoms with Crippen LogP contribution in [0.5, 0.6) is 0 Å². The van der Waals surface area contributed by atoms with E-state index in [-0.39, 0.29) is 0 Å². The van der Waals surface area contributed by atoms with Crippen LogP contribution in [0.15, 0.2) is 6.33 Å². The first kappa shape index (κ1) is 16.7. The van der Waals surface area contributed by atoms with Gasteiger partial charge >= 0.3 is 0 Å². The van der Waals surface area contributed by atoms with Crippen molar-refractivity contribution in [1.29, 1.82) is 0 Å². The molecule has 2 rings (SSSR count). The summed E-state index contributed by atoms with van der Waals surface area (Å²) in [5.41, 5.74) is 3.63. The zero-order valence-corrected chi connectivity index (χ0v) is 14.8. The highest BCUT2D eigenvalue weighted by Crippen LogP contribution is 2.28. The molecule has 1 N–H and O–H groups in total. The maximum Gasteiger partial charge on any atom is 0.145 e. The highest BCUT2D eigenvalue weighted by atomic mass is 15.1. The van der Waals surface area contributed by atoms with Gasteiger partial charge in [0.15, 0.2) is 0 Å². The van der Waals surface area contributed by atoms with E-state index in [2.05, 4.69) is 66.5 Å². The fourth-order valence-corrected chi connectivity index (χ4v) is 2.72. The quantitative estimate of drug-likeness (QED) is 0.854. The minimum atomic E-state index is 0.591. The lowest BCUT2D eigenvalue weighted by atomic mass is 10.2. The van der Waals surface area contributed by atoms with Gasteiger partial charge in [-0.2, -0.15) is 0 Å². The van der Waals surface area contributed by atoms with Crippen molar-refractivity contribution in [1.82, 2.24) is 19.4 Å². The van der Waals surface area contributed by atoms with Crippen molar-refractivity contribution in [3.05, 3.63) is 17.6 Å². The Kier molecular flexibility index (Phi) is 5.40. The number of hydrogen-bond acceptors (Lipinski definition) is 4. The molecule has 0 unspecified atom stereocenters. The number of aromatic nitrogens is 3. The van der Waals surface area contributed by atoms with Gasteiger partial charge in [-0.25, -0.2) is 9.97 Å². The fourth-order valence-electron chi connectivity index (χ4n) is 2.72. The van der Waals surface area contributed by atoms with Crippen LogP contribution in [0.25, 0.3) is 11.0 Å². The summed E-state index contributed by atoms with van der Waals surface area (Å²) in [5, 5.41) is 4.64. The number of nitrogens with zero attached hydrogens (tertiary/aromatic N) is 4. The number of anilines is 1. The molecule has 5 nitrogen and oxygen atoms in total. The van der Waals surface area contributed by atoms with E-state index in [0.29, 0.717) is 5.92 Å². The Hall–Kier alpha value is -1.62. The molecule has 0 saturated carbocycles. The minimum absolute atomic E-state index is 0.591. The third-order valence-corrected chi connectivity index (χ3v) is 4.07. The second-order valence-electron chi connectivity index (χ2n) is 6.71. The van der Waals surface area contributed by atoms with Gasteiger partial charge in [-0.15, -0.1) is 0 Å². The molecule has 0 amide bonds. The predicted molar refractivity (Wildman–Crippen MR) is 93.5 cm³/mol. The lowest BCUT2D eigenvalue weighted by Gasteiger charge is -2.12. The van der Waals surface area contributed by atoms with E-state index in [4.69, 9.17) is 0 Å². The van der Waals surface area contributed by atoms with E-state index in [1.807, 2.05) is 0 Å². The van der Waals surface area contributed by atoms with Gasteiger partial charge in [0.05, 0.1) is 5.39 Å². The molecule has 5 heteroatoms. The van der Waals surface area contributed by atoms with Gasteiger partial charge in [-0.1, -0.05) is 13.8 Å². The Balaban J connectivity index is 2.34. The van der Waals surface area contributed by atoms with E-state index in [0.717, 1.165) is 37.5 Å². The van der Waals surface area contributed by atoms with Crippen molar-refractivity contribution in [3.63, 3.8) is 0 Å². The van der Waals surface area contributed by atoms with Crippen LogP contribution in [0.4, 0.5) is 5.82 Å². The molecular formula is C17H29N5. The standard InChI is InChI=1S/C17H29N5/c1-12(2)10-18-16-15-13(3)14(4)22(9-7-8-21(5)6)17(15)20-11-19-16/h11-12H,7-10H2,1-6H3,(H,18,19,20). The summed E-state index contributed by atoms with van der Waals surface area (Å²) in [7, 11) is 4.23. The van der Waals surface area contributed by atoms with Crippen molar-refractivity contribution < 1.29 is 0 Å². The van der Waals surface area contributed by atoms with Crippen LogP contribution in [-0.2, 0) is 6.54 Å².